The first-order valence-corrected chi connectivity index (χ1v) is 11.6. The number of amides is 1. The third-order valence-corrected chi connectivity index (χ3v) is 5.73. The van der Waals surface area contributed by atoms with Gasteiger partial charge in [0.25, 0.3) is 11.5 Å². The first-order chi connectivity index (χ1) is 16.1. The Morgan fingerprint density at radius 1 is 1.12 bits per heavy atom. The van der Waals surface area contributed by atoms with Crippen molar-refractivity contribution in [1.29, 1.82) is 0 Å². The van der Waals surface area contributed by atoms with Crippen molar-refractivity contribution in [2.45, 2.75) is 64.1 Å². The number of hydrogen-bond acceptors (Lipinski definition) is 5. The predicted molar refractivity (Wildman–Crippen MR) is 126 cm³/mol. The van der Waals surface area contributed by atoms with Gasteiger partial charge in [0.1, 0.15) is 5.69 Å². The van der Waals surface area contributed by atoms with Gasteiger partial charge in [0.05, 0.1) is 17.5 Å². The molecule has 1 heterocycles. The smallest absolute Gasteiger partial charge is 0.307 e. The summed E-state index contributed by atoms with van der Waals surface area (Å²) in [6.07, 6.45) is 2.84. The van der Waals surface area contributed by atoms with Crippen LogP contribution < -0.4 is 10.9 Å². The minimum absolute atomic E-state index is 0.0333. The highest BCUT2D eigenvalue weighted by Gasteiger charge is 2.30. The molecule has 172 valence electrons. The molecule has 1 saturated carbocycles. The lowest BCUT2D eigenvalue weighted by Gasteiger charge is -2.18. The van der Waals surface area contributed by atoms with E-state index in [9.17, 15) is 14.4 Å². The summed E-state index contributed by atoms with van der Waals surface area (Å²) in [7, 11) is 0. The Hall–Kier alpha value is -3.48. The monoisotopic (exact) mass is 447 g/mol. The Morgan fingerprint density at radius 3 is 2.58 bits per heavy atom. The van der Waals surface area contributed by atoms with Crippen molar-refractivity contribution < 1.29 is 14.3 Å². The molecule has 33 heavy (non-hydrogen) atoms. The highest BCUT2D eigenvalue weighted by Crippen LogP contribution is 2.23. The van der Waals surface area contributed by atoms with Gasteiger partial charge in [-0.1, -0.05) is 55.8 Å². The fourth-order valence-electron chi connectivity index (χ4n) is 3.76. The van der Waals surface area contributed by atoms with E-state index in [1.807, 2.05) is 30.3 Å². The van der Waals surface area contributed by atoms with Gasteiger partial charge in [-0.3, -0.25) is 14.4 Å². The molecule has 1 N–H and O–H groups in total. The molecular formula is C26H29N3O4. The standard InChI is InChI=1S/C26H29N3O4/c1-2-3-17-29-22-12-8-7-11-20(22)28-21(26(29)32)15-16-23(30)33-24(18-9-5-4-6-10-18)25(31)27-19-13-14-19/h4-12,19,24H,2-3,13-17H2,1H3,(H,27,31). The van der Waals surface area contributed by atoms with E-state index in [2.05, 4.69) is 17.2 Å². The number of aryl methyl sites for hydroxylation is 2. The Balaban J connectivity index is 1.49. The van der Waals surface area contributed by atoms with Gasteiger partial charge >= 0.3 is 5.97 Å². The normalized spacial score (nSPS) is 14.1. The van der Waals surface area contributed by atoms with Gasteiger partial charge in [-0.15, -0.1) is 0 Å². The molecule has 0 radical (unpaired) electrons. The Morgan fingerprint density at radius 2 is 1.85 bits per heavy atom. The molecule has 1 fully saturated rings. The van der Waals surface area contributed by atoms with Crippen molar-refractivity contribution in [1.82, 2.24) is 14.9 Å². The minimum atomic E-state index is -1.01. The Kier molecular flexibility index (Phi) is 7.17. The zero-order valence-electron chi connectivity index (χ0n) is 18.8. The summed E-state index contributed by atoms with van der Waals surface area (Å²) in [6, 6.07) is 16.7. The summed E-state index contributed by atoms with van der Waals surface area (Å²) < 4.78 is 7.32. The molecule has 0 saturated heterocycles. The van der Waals surface area contributed by atoms with Gasteiger partial charge in [-0.25, -0.2) is 4.98 Å². The number of aromatic nitrogens is 2. The molecule has 3 aromatic rings. The molecule has 1 aliphatic carbocycles. The van der Waals surface area contributed by atoms with Gasteiger partial charge in [0.15, 0.2) is 0 Å². The van der Waals surface area contributed by atoms with Crippen LogP contribution in [0.2, 0.25) is 0 Å². The lowest BCUT2D eigenvalue weighted by atomic mass is 10.1. The molecule has 1 amide bonds. The van der Waals surface area contributed by atoms with Crippen molar-refractivity contribution in [3.8, 4) is 0 Å². The third-order valence-electron chi connectivity index (χ3n) is 5.73. The van der Waals surface area contributed by atoms with E-state index in [1.165, 1.54) is 0 Å². The molecule has 1 aromatic heterocycles. The average Bonchev–Trinajstić information content (AvgIpc) is 3.65. The van der Waals surface area contributed by atoms with Crippen LogP contribution >= 0.6 is 0 Å². The second kappa shape index (κ2) is 10.4. The molecule has 0 aliphatic heterocycles. The number of benzene rings is 2. The van der Waals surface area contributed by atoms with Crippen LogP contribution in [0.1, 0.15) is 56.4 Å². The Labute approximate surface area is 192 Å². The van der Waals surface area contributed by atoms with E-state index >= 15 is 0 Å². The number of rotatable bonds is 10. The van der Waals surface area contributed by atoms with Gasteiger partial charge in [0.2, 0.25) is 6.10 Å². The van der Waals surface area contributed by atoms with Gasteiger partial charge in [0, 0.05) is 24.6 Å². The quantitative estimate of drug-likeness (QED) is 0.479. The second-order valence-electron chi connectivity index (χ2n) is 8.42. The molecule has 4 rings (SSSR count). The van der Waals surface area contributed by atoms with Gasteiger partial charge in [-0.05, 0) is 31.4 Å². The average molecular weight is 448 g/mol. The van der Waals surface area contributed by atoms with E-state index in [4.69, 9.17) is 4.74 Å². The number of unbranched alkanes of at least 4 members (excludes halogenated alkanes) is 1. The second-order valence-corrected chi connectivity index (χ2v) is 8.42. The number of carbonyl (C=O) groups excluding carboxylic acids is 2. The minimum Gasteiger partial charge on any atom is -0.447 e. The van der Waals surface area contributed by atoms with Crippen LogP contribution in [-0.4, -0.2) is 27.5 Å². The molecule has 1 aliphatic rings. The number of esters is 1. The lowest BCUT2D eigenvalue weighted by Crippen LogP contribution is -2.33. The molecule has 0 spiro atoms. The van der Waals surface area contributed by atoms with Crippen molar-refractivity contribution in [2.75, 3.05) is 0 Å². The maximum atomic E-state index is 13.1. The molecule has 0 bridgehead atoms. The highest BCUT2D eigenvalue weighted by atomic mass is 16.5. The van der Waals surface area contributed by atoms with Crippen molar-refractivity contribution in [3.63, 3.8) is 0 Å². The molecule has 2 aromatic carbocycles. The summed E-state index contributed by atoms with van der Waals surface area (Å²) in [5.74, 6) is -0.855. The van der Waals surface area contributed by atoms with Crippen LogP contribution in [0.4, 0.5) is 0 Å². The molecule has 7 nitrogen and oxygen atoms in total. The van der Waals surface area contributed by atoms with Crippen molar-refractivity contribution >= 4 is 22.9 Å². The van der Waals surface area contributed by atoms with Crippen LogP contribution in [0.25, 0.3) is 11.0 Å². The number of hydrogen-bond donors (Lipinski definition) is 1. The molecule has 7 heteroatoms. The molecule has 1 atom stereocenters. The van der Waals surface area contributed by atoms with E-state index in [0.717, 1.165) is 36.7 Å². The summed E-state index contributed by atoms with van der Waals surface area (Å²) in [5.41, 5.74) is 2.29. The number of nitrogens with one attached hydrogen (secondary N) is 1. The van der Waals surface area contributed by atoms with Crippen LogP contribution in [0, 0.1) is 0 Å². The third kappa shape index (κ3) is 5.66. The first-order valence-electron chi connectivity index (χ1n) is 11.6. The maximum absolute atomic E-state index is 13.1. The van der Waals surface area contributed by atoms with E-state index in [1.54, 1.807) is 28.8 Å². The summed E-state index contributed by atoms with van der Waals surface area (Å²) >= 11 is 0. The van der Waals surface area contributed by atoms with Crippen molar-refractivity contribution in [2.24, 2.45) is 0 Å². The molecule has 1 unspecified atom stereocenters. The van der Waals surface area contributed by atoms with Gasteiger partial charge < -0.3 is 14.6 Å². The van der Waals surface area contributed by atoms with Crippen LogP contribution in [0.5, 0.6) is 0 Å². The number of carbonyl (C=O) groups is 2. The van der Waals surface area contributed by atoms with E-state index < -0.39 is 12.1 Å². The van der Waals surface area contributed by atoms with Crippen LogP contribution in [0.15, 0.2) is 59.4 Å². The molecular weight excluding hydrogens is 418 g/mol. The maximum Gasteiger partial charge on any atom is 0.307 e. The fraction of sp³-hybridized carbons (Fsp3) is 0.385. The SMILES string of the molecule is CCCCn1c(=O)c(CCC(=O)OC(C(=O)NC2CC2)c2ccccc2)nc2ccccc21. The summed E-state index contributed by atoms with van der Waals surface area (Å²) in [4.78, 5) is 43.0. The number of nitrogens with zero attached hydrogens (tertiary/aromatic N) is 2. The number of fused-ring (bicyclic) bond motifs is 1. The zero-order chi connectivity index (χ0) is 23.2. The van der Waals surface area contributed by atoms with E-state index in [0.29, 0.717) is 17.8 Å². The Bertz CT molecular complexity index is 1190. The van der Waals surface area contributed by atoms with E-state index in [-0.39, 0.29) is 30.3 Å². The summed E-state index contributed by atoms with van der Waals surface area (Å²) in [5, 5.41) is 2.91. The van der Waals surface area contributed by atoms with Crippen LogP contribution in [0.3, 0.4) is 0 Å². The van der Waals surface area contributed by atoms with Crippen molar-refractivity contribution in [3.05, 3.63) is 76.2 Å². The largest absolute Gasteiger partial charge is 0.447 e. The lowest BCUT2D eigenvalue weighted by molar-refractivity contribution is -0.156. The fourth-order valence-corrected chi connectivity index (χ4v) is 3.76. The predicted octanol–water partition coefficient (Wildman–Crippen LogP) is 3.69. The number of ether oxygens (including phenoxy) is 1. The van der Waals surface area contributed by atoms with Crippen LogP contribution in [-0.2, 0) is 27.3 Å². The number of para-hydroxylation sites is 2. The zero-order valence-corrected chi connectivity index (χ0v) is 18.8. The first kappa shape index (κ1) is 22.7. The highest BCUT2D eigenvalue weighted by molar-refractivity contribution is 5.85. The topological polar surface area (TPSA) is 90.3 Å². The summed E-state index contributed by atoms with van der Waals surface area (Å²) in [6.45, 7) is 2.68. The van der Waals surface area contributed by atoms with Gasteiger partial charge in [-0.2, -0.15) is 0 Å².